The first-order chi connectivity index (χ1) is 17.0. The van der Waals surface area contributed by atoms with Gasteiger partial charge in [0.2, 0.25) is 17.7 Å². The number of benzene rings is 1. The average Bonchev–Trinajstić information content (AvgIpc) is 2.82. The molecule has 12 N–H and O–H groups in total. The van der Waals surface area contributed by atoms with E-state index in [-0.39, 0.29) is 31.8 Å². The predicted molar refractivity (Wildman–Crippen MR) is 130 cm³/mol. The molecule has 0 bridgehead atoms. The van der Waals surface area contributed by atoms with Gasteiger partial charge in [0.1, 0.15) is 18.1 Å². The second kappa shape index (κ2) is 15.3. The number of rotatable bonds is 15. The van der Waals surface area contributed by atoms with Crippen molar-refractivity contribution in [1.29, 1.82) is 0 Å². The summed E-state index contributed by atoms with van der Waals surface area (Å²) in [6, 6.07) is 3.67. The SMILES string of the molecule is CC(O)C(NC(=O)C(CCCN=C(N)N)NC(=O)C(N)Cc1ccccc1)C(=O)NC(CO)C(=O)O. The smallest absolute Gasteiger partial charge is 0.328 e. The van der Waals surface area contributed by atoms with Crippen LogP contribution in [0.1, 0.15) is 25.3 Å². The maximum absolute atomic E-state index is 13.0. The van der Waals surface area contributed by atoms with Gasteiger partial charge in [-0.3, -0.25) is 19.4 Å². The van der Waals surface area contributed by atoms with Crippen LogP contribution in [0, 0.1) is 0 Å². The van der Waals surface area contributed by atoms with Gasteiger partial charge in [0, 0.05) is 6.54 Å². The van der Waals surface area contributed by atoms with Crippen LogP contribution in [0.25, 0.3) is 0 Å². The molecule has 5 unspecified atom stereocenters. The van der Waals surface area contributed by atoms with E-state index < -0.39 is 60.6 Å². The fraction of sp³-hybridized carbons (Fsp3) is 0.500. The van der Waals surface area contributed by atoms with E-state index in [1.165, 1.54) is 6.92 Å². The summed E-state index contributed by atoms with van der Waals surface area (Å²) < 4.78 is 0. The van der Waals surface area contributed by atoms with Gasteiger partial charge >= 0.3 is 5.97 Å². The highest BCUT2D eigenvalue weighted by atomic mass is 16.4. The Balaban J connectivity index is 2.96. The monoisotopic (exact) mass is 509 g/mol. The summed E-state index contributed by atoms with van der Waals surface area (Å²) in [7, 11) is 0. The zero-order valence-electron chi connectivity index (χ0n) is 20.0. The van der Waals surface area contributed by atoms with Crippen molar-refractivity contribution in [3.63, 3.8) is 0 Å². The third-order valence-corrected chi connectivity index (χ3v) is 5.07. The number of hydrogen-bond donors (Lipinski definition) is 9. The van der Waals surface area contributed by atoms with Crippen molar-refractivity contribution >= 4 is 29.7 Å². The third-order valence-electron chi connectivity index (χ3n) is 5.07. The number of aliphatic hydroxyl groups excluding tert-OH is 2. The highest BCUT2D eigenvalue weighted by molar-refractivity contribution is 5.94. The van der Waals surface area contributed by atoms with E-state index in [2.05, 4.69) is 15.6 Å². The van der Waals surface area contributed by atoms with Crippen molar-refractivity contribution in [1.82, 2.24) is 16.0 Å². The van der Waals surface area contributed by atoms with E-state index in [1.807, 2.05) is 11.4 Å². The van der Waals surface area contributed by atoms with Crippen molar-refractivity contribution in [2.75, 3.05) is 13.2 Å². The first-order valence-corrected chi connectivity index (χ1v) is 11.2. The first kappa shape index (κ1) is 30.3. The molecule has 0 saturated carbocycles. The van der Waals surface area contributed by atoms with Crippen LogP contribution in [-0.4, -0.2) is 88.4 Å². The molecule has 0 aromatic heterocycles. The molecule has 14 heteroatoms. The molecule has 0 fully saturated rings. The lowest BCUT2D eigenvalue weighted by molar-refractivity contribution is -0.144. The second-order valence-corrected chi connectivity index (χ2v) is 8.12. The van der Waals surface area contributed by atoms with Crippen LogP contribution in [0.3, 0.4) is 0 Å². The van der Waals surface area contributed by atoms with Crippen LogP contribution in [0.2, 0.25) is 0 Å². The topological polar surface area (TPSA) is 255 Å². The van der Waals surface area contributed by atoms with E-state index in [0.717, 1.165) is 5.56 Å². The highest BCUT2D eigenvalue weighted by Gasteiger charge is 2.32. The number of nitrogens with one attached hydrogen (secondary N) is 3. The van der Waals surface area contributed by atoms with E-state index in [9.17, 15) is 24.3 Å². The molecular weight excluding hydrogens is 474 g/mol. The van der Waals surface area contributed by atoms with Crippen LogP contribution in [0.5, 0.6) is 0 Å². The van der Waals surface area contributed by atoms with Crippen LogP contribution < -0.4 is 33.2 Å². The minimum absolute atomic E-state index is 0.0644. The maximum atomic E-state index is 13.0. The number of aliphatic imine (C=N–C) groups is 1. The Morgan fingerprint density at radius 1 is 0.972 bits per heavy atom. The standard InChI is InChI=1S/C22H35N7O7/c1-12(31)17(20(34)28-16(11-30)21(35)36)29-19(33)15(8-5-9-26-22(24)25)27-18(32)14(23)10-13-6-3-2-4-7-13/h2-4,6-7,12,14-17,30-31H,5,8-11,23H2,1H3,(H,27,32)(H,28,34)(H,29,33)(H,35,36)(H4,24,25,26). The van der Waals surface area contributed by atoms with E-state index in [0.29, 0.717) is 0 Å². The van der Waals surface area contributed by atoms with Gasteiger partial charge in [-0.05, 0) is 31.7 Å². The number of carbonyl (C=O) groups is 4. The number of aliphatic hydroxyl groups is 2. The van der Waals surface area contributed by atoms with Crippen LogP contribution in [0.15, 0.2) is 35.3 Å². The quantitative estimate of drug-likeness (QED) is 0.0640. The van der Waals surface area contributed by atoms with Gasteiger partial charge in [-0.2, -0.15) is 0 Å². The van der Waals surface area contributed by atoms with Crippen LogP contribution >= 0.6 is 0 Å². The molecule has 0 radical (unpaired) electrons. The molecule has 5 atom stereocenters. The summed E-state index contributed by atoms with van der Waals surface area (Å²) in [5.41, 5.74) is 17.4. The number of hydrogen-bond acceptors (Lipinski definition) is 8. The number of carbonyl (C=O) groups excluding carboxylic acids is 3. The molecular formula is C22H35N7O7. The van der Waals surface area contributed by atoms with E-state index in [4.69, 9.17) is 27.4 Å². The lowest BCUT2D eigenvalue weighted by Crippen LogP contribution is -2.60. The fourth-order valence-corrected chi connectivity index (χ4v) is 3.12. The van der Waals surface area contributed by atoms with Gasteiger partial charge in [0.25, 0.3) is 0 Å². The lowest BCUT2D eigenvalue weighted by Gasteiger charge is -2.26. The number of nitrogens with two attached hydrogens (primary N) is 3. The van der Waals surface area contributed by atoms with Gasteiger partial charge in [-0.25, -0.2) is 4.79 Å². The first-order valence-electron chi connectivity index (χ1n) is 11.2. The summed E-state index contributed by atoms with van der Waals surface area (Å²) in [5.74, 6) is -4.13. The Hall–Kier alpha value is -3.75. The Morgan fingerprint density at radius 2 is 1.58 bits per heavy atom. The normalized spacial score (nSPS) is 14.9. The zero-order chi connectivity index (χ0) is 27.3. The van der Waals surface area contributed by atoms with E-state index >= 15 is 0 Å². The molecule has 0 aliphatic rings. The largest absolute Gasteiger partial charge is 0.480 e. The maximum Gasteiger partial charge on any atom is 0.328 e. The van der Waals surface area contributed by atoms with Crippen molar-refractivity contribution in [2.24, 2.45) is 22.2 Å². The molecule has 14 nitrogen and oxygen atoms in total. The molecule has 1 aromatic carbocycles. The summed E-state index contributed by atoms with van der Waals surface area (Å²) in [6.45, 7) is 0.473. The van der Waals surface area contributed by atoms with Gasteiger partial charge in [-0.15, -0.1) is 0 Å². The zero-order valence-corrected chi connectivity index (χ0v) is 20.0. The van der Waals surface area contributed by atoms with Crippen LogP contribution in [0.4, 0.5) is 0 Å². The number of amides is 3. The van der Waals surface area contributed by atoms with Crippen LogP contribution in [-0.2, 0) is 25.6 Å². The summed E-state index contributed by atoms with van der Waals surface area (Å²) in [5, 5.41) is 35.0. The third kappa shape index (κ3) is 10.7. The number of guanidine groups is 1. The number of aliphatic carboxylic acids is 1. The average molecular weight is 510 g/mol. The molecule has 0 saturated heterocycles. The van der Waals surface area contributed by atoms with Crippen molar-refractivity contribution in [3.8, 4) is 0 Å². The summed E-state index contributed by atoms with van der Waals surface area (Å²) in [4.78, 5) is 53.1. The molecule has 1 aromatic rings. The number of carboxylic acid groups (broad SMARTS) is 1. The minimum Gasteiger partial charge on any atom is -0.480 e. The molecule has 0 spiro atoms. The fourth-order valence-electron chi connectivity index (χ4n) is 3.12. The van der Waals surface area contributed by atoms with Gasteiger partial charge < -0.3 is 48.5 Å². The molecule has 0 aliphatic heterocycles. The van der Waals surface area contributed by atoms with Gasteiger partial charge in [0.05, 0.1) is 18.8 Å². The van der Waals surface area contributed by atoms with E-state index in [1.54, 1.807) is 24.3 Å². The van der Waals surface area contributed by atoms with Crippen molar-refractivity contribution in [2.45, 2.75) is 56.5 Å². The Labute approximate surface area is 208 Å². The Bertz CT molecular complexity index is 907. The molecule has 0 aliphatic carbocycles. The predicted octanol–water partition coefficient (Wildman–Crippen LogP) is -3.48. The Kier molecular flexibility index (Phi) is 12.9. The minimum atomic E-state index is -1.64. The summed E-state index contributed by atoms with van der Waals surface area (Å²) in [6.07, 6.45) is -0.873. The van der Waals surface area contributed by atoms with Crippen molar-refractivity contribution in [3.05, 3.63) is 35.9 Å². The number of nitrogens with zero attached hydrogens (tertiary/aromatic N) is 1. The van der Waals surface area contributed by atoms with Crippen molar-refractivity contribution < 1.29 is 34.5 Å². The van der Waals surface area contributed by atoms with Gasteiger partial charge in [-0.1, -0.05) is 30.3 Å². The molecule has 0 heterocycles. The Morgan fingerprint density at radius 3 is 2.11 bits per heavy atom. The second-order valence-electron chi connectivity index (χ2n) is 8.12. The summed E-state index contributed by atoms with van der Waals surface area (Å²) >= 11 is 0. The molecule has 3 amide bonds. The number of carboxylic acids is 1. The molecule has 1 rings (SSSR count). The lowest BCUT2D eigenvalue weighted by atomic mass is 10.0. The molecule has 200 valence electrons. The van der Waals surface area contributed by atoms with Gasteiger partial charge in [0.15, 0.2) is 5.96 Å². The highest BCUT2D eigenvalue weighted by Crippen LogP contribution is 2.05. The molecule has 36 heavy (non-hydrogen) atoms.